The van der Waals surface area contributed by atoms with Gasteiger partial charge in [0.05, 0.1) is 0 Å². The molecule has 1 aliphatic rings. The fraction of sp³-hybridized carbons (Fsp3) is 0.333. The van der Waals surface area contributed by atoms with Gasteiger partial charge in [-0.15, -0.1) is 0 Å². The number of aryl methyl sites for hydroxylation is 1. The number of rotatable bonds is 5. The Balaban J connectivity index is 1.74. The molecule has 1 aromatic heterocycles. The molecule has 132 valence electrons. The molecule has 2 N–H and O–H groups in total. The third-order valence-electron chi connectivity index (χ3n) is 4.33. The molecule has 1 saturated heterocycles. The third-order valence-corrected chi connectivity index (χ3v) is 4.77. The van der Waals surface area contributed by atoms with Crippen molar-refractivity contribution in [2.75, 3.05) is 13.1 Å². The number of likely N-dealkylation sites (tertiary alicyclic amines) is 1. The van der Waals surface area contributed by atoms with Gasteiger partial charge in [0.25, 0.3) is 5.91 Å². The van der Waals surface area contributed by atoms with E-state index in [-0.39, 0.29) is 11.8 Å². The number of hydrogen-bond acceptors (Lipinski definition) is 3. The number of halogens is 1. The van der Waals surface area contributed by atoms with E-state index in [0.29, 0.717) is 5.69 Å². The van der Waals surface area contributed by atoms with E-state index in [0.717, 1.165) is 36.0 Å². The van der Waals surface area contributed by atoms with Gasteiger partial charge in [-0.2, -0.15) is 0 Å². The first-order valence-corrected chi connectivity index (χ1v) is 9.07. The molecule has 0 bridgehead atoms. The van der Waals surface area contributed by atoms with E-state index in [1.165, 1.54) is 0 Å². The molecule has 2 heterocycles. The van der Waals surface area contributed by atoms with Gasteiger partial charge in [-0.1, -0.05) is 30.3 Å². The lowest BCUT2D eigenvalue weighted by Crippen LogP contribution is -2.47. The van der Waals surface area contributed by atoms with Gasteiger partial charge in [0.15, 0.2) is 0 Å². The maximum Gasteiger partial charge on any atom is 0.282 e. The summed E-state index contributed by atoms with van der Waals surface area (Å²) in [6, 6.07) is 10.6. The van der Waals surface area contributed by atoms with Gasteiger partial charge >= 0.3 is 0 Å². The van der Waals surface area contributed by atoms with Crippen LogP contribution >= 0.6 is 15.9 Å². The molecule has 1 fully saturated rings. The highest BCUT2D eigenvalue weighted by Gasteiger charge is 2.28. The predicted molar refractivity (Wildman–Crippen MR) is 98.7 cm³/mol. The first kappa shape index (κ1) is 17.7. The Morgan fingerprint density at radius 3 is 2.44 bits per heavy atom. The summed E-state index contributed by atoms with van der Waals surface area (Å²) >= 11 is 3.35. The van der Waals surface area contributed by atoms with Crippen molar-refractivity contribution in [1.29, 1.82) is 0 Å². The Morgan fingerprint density at radius 1 is 1.16 bits per heavy atom. The minimum absolute atomic E-state index is 0.0166. The summed E-state index contributed by atoms with van der Waals surface area (Å²) < 4.78 is 2.55. The van der Waals surface area contributed by atoms with Crippen LogP contribution in [0, 0.1) is 0 Å². The van der Waals surface area contributed by atoms with E-state index >= 15 is 0 Å². The monoisotopic (exact) mass is 404 g/mol. The molecule has 7 heteroatoms. The van der Waals surface area contributed by atoms with Crippen LogP contribution in [-0.4, -0.2) is 34.4 Å². The Hall–Kier alpha value is -2.12. The van der Waals surface area contributed by atoms with Gasteiger partial charge in [-0.3, -0.25) is 15.0 Å². The number of nitrogens with zero attached hydrogens (tertiary/aromatic N) is 2. The van der Waals surface area contributed by atoms with Gasteiger partial charge in [0, 0.05) is 30.8 Å². The molecule has 1 atom stereocenters. The molecule has 1 aromatic carbocycles. The number of nitrogens with one attached hydrogen (secondary N) is 2. The molecule has 0 spiro atoms. The van der Waals surface area contributed by atoms with Gasteiger partial charge in [0.1, 0.15) is 11.7 Å². The first-order chi connectivity index (χ1) is 12.1. The molecule has 1 unspecified atom stereocenters. The predicted octanol–water partition coefficient (Wildman–Crippen LogP) is 2.39. The normalized spacial score (nSPS) is 15.2. The van der Waals surface area contributed by atoms with Gasteiger partial charge in [0.2, 0.25) is 5.91 Å². The molecule has 0 radical (unpaired) electrons. The van der Waals surface area contributed by atoms with E-state index in [1.54, 1.807) is 23.9 Å². The lowest BCUT2D eigenvalue weighted by molar-refractivity contribution is -0.132. The van der Waals surface area contributed by atoms with Crippen LogP contribution in [0.25, 0.3) is 0 Å². The van der Waals surface area contributed by atoms with Crippen LogP contribution in [0.3, 0.4) is 0 Å². The number of carbonyl (C=O) groups is 2. The van der Waals surface area contributed by atoms with Gasteiger partial charge in [-0.25, -0.2) is 5.43 Å². The molecule has 0 aliphatic carbocycles. The van der Waals surface area contributed by atoms with Crippen molar-refractivity contribution in [3.05, 3.63) is 58.3 Å². The summed E-state index contributed by atoms with van der Waals surface area (Å²) in [7, 11) is 1.80. The van der Waals surface area contributed by atoms with Crippen molar-refractivity contribution in [1.82, 2.24) is 20.3 Å². The molecule has 3 rings (SSSR count). The fourth-order valence-electron chi connectivity index (χ4n) is 3.00. The zero-order valence-corrected chi connectivity index (χ0v) is 15.6. The zero-order valence-electron chi connectivity index (χ0n) is 14.0. The standard InChI is InChI=1S/C18H21BrN4O2/c1-22-12-14(19)11-15(22)17(24)21-20-16(13-7-3-2-4-8-13)18(25)23-9-5-6-10-23/h2-4,7-8,11-12,16,20H,5-6,9-10H2,1H3,(H,21,24). The van der Waals surface area contributed by atoms with Crippen molar-refractivity contribution in [3.8, 4) is 0 Å². The van der Waals surface area contributed by atoms with Crippen LogP contribution in [0.5, 0.6) is 0 Å². The Labute approximate surface area is 155 Å². The number of benzene rings is 1. The second kappa shape index (κ2) is 7.84. The number of hydrazine groups is 1. The molecule has 6 nitrogen and oxygen atoms in total. The SMILES string of the molecule is Cn1cc(Br)cc1C(=O)NNC(C(=O)N1CCCC1)c1ccccc1. The highest BCUT2D eigenvalue weighted by atomic mass is 79.9. The third kappa shape index (κ3) is 4.11. The minimum atomic E-state index is -0.605. The summed E-state index contributed by atoms with van der Waals surface area (Å²) in [5, 5.41) is 0. The maximum atomic E-state index is 12.9. The number of amides is 2. The lowest BCUT2D eigenvalue weighted by Gasteiger charge is -2.24. The van der Waals surface area contributed by atoms with E-state index in [2.05, 4.69) is 26.8 Å². The molecular formula is C18H21BrN4O2. The van der Waals surface area contributed by atoms with Crippen LogP contribution in [0.4, 0.5) is 0 Å². The second-order valence-electron chi connectivity index (χ2n) is 6.13. The Kier molecular flexibility index (Phi) is 5.55. The first-order valence-electron chi connectivity index (χ1n) is 8.28. The highest BCUT2D eigenvalue weighted by molar-refractivity contribution is 9.10. The average molecular weight is 405 g/mol. The van der Waals surface area contributed by atoms with Gasteiger partial charge in [-0.05, 0) is 40.4 Å². The molecule has 2 amide bonds. The van der Waals surface area contributed by atoms with Crippen LogP contribution in [0.1, 0.15) is 34.9 Å². The maximum absolute atomic E-state index is 12.9. The van der Waals surface area contributed by atoms with E-state index in [9.17, 15) is 9.59 Å². The topological polar surface area (TPSA) is 66.4 Å². The molecule has 25 heavy (non-hydrogen) atoms. The van der Waals surface area contributed by atoms with E-state index < -0.39 is 6.04 Å². The minimum Gasteiger partial charge on any atom is -0.345 e. The van der Waals surface area contributed by atoms with Crippen LogP contribution in [-0.2, 0) is 11.8 Å². The quantitative estimate of drug-likeness (QED) is 0.751. The van der Waals surface area contributed by atoms with Crippen molar-refractivity contribution >= 4 is 27.7 Å². The summed E-state index contributed by atoms with van der Waals surface area (Å²) in [5.41, 5.74) is 6.93. The summed E-state index contributed by atoms with van der Waals surface area (Å²) in [6.45, 7) is 1.53. The van der Waals surface area contributed by atoms with Crippen molar-refractivity contribution < 1.29 is 9.59 Å². The summed E-state index contributed by atoms with van der Waals surface area (Å²) in [5.74, 6) is -0.305. The smallest absolute Gasteiger partial charge is 0.282 e. The number of carbonyl (C=O) groups excluding carboxylic acids is 2. The van der Waals surface area contributed by atoms with Crippen LogP contribution in [0.2, 0.25) is 0 Å². The van der Waals surface area contributed by atoms with Crippen molar-refractivity contribution in [2.45, 2.75) is 18.9 Å². The largest absolute Gasteiger partial charge is 0.345 e. The van der Waals surface area contributed by atoms with E-state index in [1.807, 2.05) is 35.2 Å². The Bertz CT molecular complexity index is 754. The summed E-state index contributed by atoms with van der Waals surface area (Å²) in [6.07, 6.45) is 3.85. The fourth-order valence-corrected chi connectivity index (χ4v) is 3.53. The molecule has 0 saturated carbocycles. The zero-order chi connectivity index (χ0) is 17.8. The van der Waals surface area contributed by atoms with E-state index in [4.69, 9.17) is 0 Å². The highest BCUT2D eigenvalue weighted by Crippen LogP contribution is 2.19. The van der Waals surface area contributed by atoms with Gasteiger partial charge < -0.3 is 9.47 Å². The Morgan fingerprint density at radius 2 is 1.84 bits per heavy atom. The average Bonchev–Trinajstić information content (AvgIpc) is 3.25. The van der Waals surface area contributed by atoms with Crippen molar-refractivity contribution in [2.24, 2.45) is 7.05 Å². The summed E-state index contributed by atoms with van der Waals surface area (Å²) in [4.78, 5) is 27.1. The van der Waals surface area contributed by atoms with Crippen LogP contribution in [0.15, 0.2) is 47.1 Å². The molecule has 2 aromatic rings. The number of aromatic nitrogens is 1. The molecular weight excluding hydrogens is 384 g/mol. The number of hydrogen-bond donors (Lipinski definition) is 2. The van der Waals surface area contributed by atoms with Crippen molar-refractivity contribution in [3.63, 3.8) is 0 Å². The molecule has 1 aliphatic heterocycles. The van der Waals surface area contributed by atoms with Crippen LogP contribution < -0.4 is 10.9 Å². The lowest BCUT2D eigenvalue weighted by atomic mass is 10.1. The second-order valence-corrected chi connectivity index (χ2v) is 7.04.